The summed E-state index contributed by atoms with van der Waals surface area (Å²) in [6.45, 7) is 4.42. The van der Waals surface area contributed by atoms with E-state index >= 15 is 0 Å². The molecule has 392 valence electrons. The average molecular weight is 955 g/mol. The summed E-state index contributed by atoms with van der Waals surface area (Å²) in [6.07, 6.45) is 60.5. The Morgan fingerprint density at radius 1 is 0.485 bits per heavy atom. The fraction of sp³-hybridized carbons (Fsp3) is 0.746. The Balaban J connectivity index is 2.18. The van der Waals surface area contributed by atoms with Gasteiger partial charge in [-0.3, -0.25) is 4.79 Å². The molecule has 0 amide bonds. The molecule has 1 fully saturated rings. The molecular weight excluding hydrogens is 853 g/mol. The van der Waals surface area contributed by atoms with E-state index in [9.17, 15) is 25.2 Å². The fourth-order valence-electron chi connectivity index (χ4n) is 8.02. The third-order valence-corrected chi connectivity index (χ3v) is 12.3. The fourth-order valence-corrected chi connectivity index (χ4v) is 8.02. The number of carbonyl (C=O) groups is 1. The summed E-state index contributed by atoms with van der Waals surface area (Å²) < 4.78 is 22.9. The molecule has 0 radical (unpaired) electrons. The van der Waals surface area contributed by atoms with E-state index in [0.717, 1.165) is 83.5 Å². The Kier molecular flexibility index (Phi) is 46.0. The molecule has 1 rings (SSSR count). The van der Waals surface area contributed by atoms with Crippen LogP contribution in [-0.2, 0) is 23.7 Å². The lowest BCUT2D eigenvalue weighted by Gasteiger charge is -2.39. The van der Waals surface area contributed by atoms with E-state index in [2.05, 4.69) is 98.9 Å². The molecule has 0 aromatic rings. The maximum absolute atomic E-state index is 12.9. The summed E-state index contributed by atoms with van der Waals surface area (Å²) in [7, 11) is 0. The Hall–Kier alpha value is -2.63. The van der Waals surface area contributed by atoms with E-state index in [4.69, 9.17) is 18.9 Å². The Morgan fingerprint density at radius 2 is 0.897 bits per heavy atom. The highest BCUT2D eigenvalue weighted by atomic mass is 16.7. The highest BCUT2D eigenvalue weighted by Gasteiger charge is 2.44. The molecule has 0 bridgehead atoms. The minimum Gasteiger partial charge on any atom is -0.457 e. The first-order chi connectivity index (χ1) is 33.4. The molecule has 1 aliphatic heterocycles. The van der Waals surface area contributed by atoms with Gasteiger partial charge in [-0.25, -0.2) is 0 Å². The lowest BCUT2D eigenvalue weighted by molar-refractivity contribution is -0.305. The summed E-state index contributed by atoms with van der Waals surface area (Å²) >= 11 is 0. The zero-order valence-corrected chi connectivity index (χ0v) is 43.3. The zero-order valence-electron chi connectivity index (χ0n) is 43.3. The molecule has 6 atom stereocenters. The lowest BCUT2D eigenvalue weighted by atomic mass is 9.99. The van der Waals surface area contributed by atoms with Crippen molar-refractivity contribution >= 4 is 5.97 Å². The number of allylic oxidation sites excluding steroid dienone is 14. The first-order valence-corrected chi connectivity index (χ1v) is 27.7. The molecule has 1 heterocycles. The van der Waals surface area contributed by atoms with Crippen LogP contribution in [0.3, 0.4) is 0 Å². The second-order valence-corrected chi connectivity index (χ2v) is 18.6. The van der Waals surface area contributed by atoms with Crippen LogP contribution >= 0.6 is 0 Å². The summed E-state index contributed by atoms with van der Waals surface area (Å²) in [5.41, 5.74) is 0. The molecule has 9 heteroatoms. The van der Waals surface area contributed by atoms with Crippen molar-refractivity contribution in [3.8, 4) is 0 Å². The molecule has 68 heavy (non-hydrogen) atoms. The Bertz CT molecular complexity index is 1320. The maximum atomic E-state index is 12.9. The molecule has 0 saturated carbocycles. The van der Waals surface area contributed by atoms with Crippen LogP contribution in [0.1, 0.15) is 219 Å². The van der Waals surface area contributed by atoms with Gasteiger partial charge < -0.3 is 39.4 Å². The molecule has 0 aromatic heterocycles. The molecule has 1 aliphatic rings. The first-order valence-electron chi connectivity index (χ1n) is 27.7. The number of aliphatic hydroxyl groups is 4. The quantitative estimate of drug-likeness (QED) is 0.0267. The zero-order chi connectivity index (χ0) is 49.2. The summed E-state index contributed by atoms with van der Waals surface area (Å²) in [5, 5.41) is 40.3. The average Bonchev–Trinajstić information content (AvgIpc) is 3.34. The normalized spacial score (nSPS) is 19.8. The number of hydrogen-bond donors (Lipinski definition) is 4. The predicted molar refractivity (Wildman–Crippen MR) is 283 cm³/mol. The number of hydrogen-bond acceptors (Lipinski definition) is 9. The van der Waals surface area contributed by atoms with Gasteiger partial charge in [0, 0.05) is 13.0 Å². The van der Waals surface area contributed by atoms with Crippen LogP contribution < -0.4 is 0 Å². The van der Waals surface area contributed by atoms with Crippen molar-refractivity contribution in [1.82, 2.24) is 0 Å². The van der Waals surface area contributed by atoms with Crippen molar-refractivity contribution in [1.29, 1.82) is 0 Å². The van der Waals surface area contributed by atoms with Gasteiger partial charge in [-0.2, -0.15) is 0 Å². The molecule has 0 aromatic carbocycles. The topological polar surface area (TPSA) is 135 Å². The number of unbranched alkanes of at least 4 members (excludes halogenated alkanes) is 22. The molecule has 4 N–H and O–H groups in total. The molecule has 9 nitrogen and oxygen atoms in total. The van der Waals surface area contributed by atoms with E-state index in [1.54, 1.807) is 0 Å². The van der Waals surface area contributed by atoms with Gasteiger partial charge in [0.1, 0.15) is 30.5 Å². The molecule has 6 unspecified atom stereocenters. The van der Waals surface area contributed by atoms with E-state index in [-0.39, 0.29) is 19.2 Å². The van der Waals surface area contributed by atoms with Crippen LogP contribution in [0.5, 0.6) is 0 Å². The number of aliphatic hydroxyl groups excluding tert-OH is 4. The van der Waals surface area contributed by atoms with Crippen LogP contribution in [0.25, 0.3) is 0 Å². The van der Waals surface area contributed by atoms with Gasteiger partial charge in [-0.05, 0) is 89.9 Å². The summed E-state index contributed by atoms with van der Waals surface area (Å²) in [6, 6.07) is 0. The van der Waals surface area contributed by atoms with Gasteiger partial charge in [0.15, 0.2) is 6.29 Å². The van der Waals surface area contributed by atoms with E-state index in [0.29, 0.717) is 13.0 Å². The van der Waals surface area contributed by atoms with Crippen LogP contribution in [0, 0.1) is 0 Å². The number of rotatable bonds is 47. The Labute approximate surface area is 416 Å². The predicted octanol–water partition coefficient (Wildman–Crippen LogP) is 14.1. The van der Waals surface area contributed by atoms with Gasteiger partial charge in [-0.1, -0.05) is 208 Å². The number of carbonyl (C=O) groups excluding carboxylic acids is 1. The highest BCUT2D eigenvalue weighted by Crippen LogP contribution is 2.23. The van der Waals surface area contributed by atoms with Crippen molar-refractivity contribution in [2.45, 2.75) is 256 Å². The van der Waals surface area contributed by atoms with E-state index in [1.165, 1.54) is 116 Å². The van der Waals surface area contributed by atoms with Crippen molar-refractivity contribution in [3.05, 3.63) is 85.1 Å². The third-order valence-electron chi connectivity index (χ3n) is 12.3. The number of esters is 1. The molecule has 1 saturated heterocycles. The van der Waals surface area contributed by atoms with Crippen LogP contribution in [0.4, 0.5) is 0 Å². The van der Waals surface area contributed by atoms with Crippen LogP contribution in [0.15, 0.2) is 85.1 Å². The number of ether oxygens (including phenoxy) is 4. The van der Waals surface area contributed by atoms with E-state index < -0.39 is 43.4 Å². The van der Waals surface area contributed by atoms with Gasteiger partial charge in [0.2, 0.25) is 0 Å². The van der Waals surface area contributed by atoms with Crippen molar-refractivity contribution in [2.75, 3.05) is 26.4 Å². The summed E-state index contributed by atoms with van der Waals surface area (Å²) in [4.78, 5) is 12.9. The molecule has 0 aliphatic carbocycles. The van der Waals surface area contributed by atoms with Crippen molar-refractivity contribution in [3.63, 3.8) is 0 Å². The van der Waals surface area contributed by atoms with Gasteiger partial charge in [0.05, 0.1) is 19.8 Å². The van der Waals surface area contributed by atoms with Gasteiger partial charge in [-0.15, -0.1) is 0 Å². The SMILES string of the molecule is CC/C=C\C/C=C\C/C=C\C/C=C\CCCCCCCCC(=O)OC(COCCCCCCCCCCCCC/C=C\C/C=C\C/C=C\CCCCCCC)COC1OC(CO)C(O)C(O)C1O. The summed E-state index contributed by atoms with van der Waals surface area (Å²) in [5.74, 6) is -0.330. The monoisotopic (exact) mass is 955 g/mol. The maximum Gasteiger partial charge on any atom is 0.306 e. The van der Waals surface area contributed by atoms with Crippen LogP contribution in [0.2, 0.25) is 0 Å². The van der Waals surface area contributed by atoms with Gasteiger partial charge in [0.25, 0.3) is 0 Å². The van der Waals surface area contributed by atoms with Crippen LogP contribution in [-0.4, -0.2) is 89.6 Å². The van der Waals surface area contributed by atoms with Crippen molar-refractivity contribution < 1.29 is 44.2 Å². The molecular formula is C59H102O9. The first kappa shape index (κ1) is 63.4. The second-order valence-electron chi connectivity index (χ2n) is 18.6. The van der Waals surface area contributed by atoms with Crippen molar-refractivity contribution in [2.24, 2.45) is 0 Å². The minimum absolute atomic E-state index is 0.125. The largest absolute Gasteiger partial charge is 0.457 e. The minimum atomic E-state index is -1.55. The lowest BCUT2D eigenvalue weighted by Crippen LogP contribution is -2.59. The Morgan fingerprint density at radius 3 is 1.35 bits per heavy atom. The third kappa shape index (κ3) is 39.1. The van der Waals surface area contributed by atoms with E-state index in [1.807, 2.05) is 0 Å². The van der Waals surface area contributed by atoms with Gasteiger partial charge >= 0.3 is 5.97 Å². The smallest absolute Gasteiger partial charge is 0.306 e. The highest BCUT2D eigenvalue weighted by molar-refractivity contribution is 5.69. The molecule has 0 spiro atoms. The standard InChI is InChI=1S/C59H102O9/c1-3-5-7-9-11-13-15-17-19-21-23-24-25-26-27-28-29-31-33-35-37-39-41-43-45-47-49-65-51-53(52-66-59-58(64)57(63)56(62)54(50-60)68-59)67-55(61)48-46-44-42-40-38-36-34-32-30-22-20-18-16-14-12-10-8-6-4-2/h6,8,12,14-15,17-18,20-21,23,25-26,30,32,53-54,56-60,62-64H,3-5,7,9-11,13,16,19,22,24,27-29,31,33-52H2,1-2H3/b8-6-,14-12-,17-15-,20-18-,23-21-,26-25-,32-30-. The second kappa shape index (κ2) is 49.4.